The Bertz CT molecular complexity index is 136. The predicted molar refractivity (Wildman–Crippen MR) is 48.6 cm³/mol. The molecule has 0 saturated carbocycles. The van der Waals surface area contributed by atoms with Crippen molar-refractivity contribution < 1.29 is 7.65 Å². The SMILES string of the molecule is CC(=O)NC1CCCNCC1.[HH].[HH]. The summed E-state index contributed by atoms with van der Waals surface area (Å²) in [5.74, 6) is 0.0944. The second kappa shape index (κ2) is 4.34. The van der Waals surface area contributed by atoms with Crippen molar-refractivity contribution in [3.8, 4) is 0 Å². The maximum Gasteiger partial charge on any atom is 0.217 e. The zero-order chi connectivity index (χ0) is 8.10. The largest absolute Gasteiger partial charge is 0.354 e. The van der Waals surface area contributed by atoms with Gasteiger partial charge in [-0.2, -0.15) is 0 Å². The Labute approximate surface area is 70.5 Å². The minimum atomic E-state index is 0. The van der Waals surface area contributed by atoms with E-state index in [1.54, 1.807) is 6.92 Å². The average Bonchev–Trinajstić information content (AvgIpc) is 2.14. The highest BCUT2D eigenvalue weighted by Crippen LogP contribution is 2.04. The Morgan fingerprint density at radius 2 is 2.36 bits per heavy atom. The first-order valence-corrected chi connectivity index (χ1v) is 4.27. The monoisotopic (exact) mass is 160 g/mol. The lowest BCUT2D eigenvalue weighted by atomic mass is 10.1. The molecule has 2 N–H and O–H groups in total. The maximum atomic E-state index is 10.7. The summed E-state index contributed by atoms with van der Waals surface area (Å²) >= 11 is 0. The molecule has 1 saturated heterocycles. The van der Waals surface area contributed by atoms with Crippen molar-refractivity contribution in [2.24, 2.45) is 0 Å². The van der Waals surface area contributed by atoms with Gasteiger partial charge in [-0.15, -0.1) is 0 Å². The Hall–Kier alpha value is -0.570. The quantitative estimate of drug-likeness (QED) is 0.594. The number of rotatable bonds is 1. The van der Waals surface area contributed by atoms with Crippen LogP contribution in [0.4, 0.5) is 0 Å². The molecular weight excluding hydrogens is 140 g/mol. The molecule has 1 heterocycles. The lowest BCUT2D eigenvalue weighted by Crippen LogP contribution is -2.33. The molecule has 0 bridgehead atoms. The van der Waals surface area contributed by atoms with Crippen molar-refractivity contribution in [1.29, 1.82) is 0 Å². The molecule has 1 fully saturated rings. The third-order valence-electron chi connectivity index (χ3n) is 1.98. The molecule has 68 valence electrons. The molecule has 1 aliphatic heterocycles. The van der Waals surface area contributed by atoms with Gasteiger partial charge >= 0.3 is 0 Å². The van der Waals surface area contributed by atoms with Crippen LogP contribution in [-0.2, 0) is 4.79 Å². The number of hydrogen-bond donors (Lipinski definition) is 2. The number of carbonyl (C=O) groups is 1. The topological polar surface area (TPSA) is 41.1 Å². The van der Waals surface area contributed by atoms with E-state index in [-0.39, 0.29) is 8.76 Å². The van der Waals surface area contributed by atoms with E-state index in [0.717, 1.165) is 25.9 Å². The molecule has 1 rings (SSSR count). The smallest absolute Gasteiger partial charge is 0.217 e. The molecule has 0 aromatic rings. The first-order chi connectivity index (χ1) is 5.29. The highest BCUT2D eigenvalue weighted by atomic mass is 16.1. The van der Waals surface area contributed by atoms with Crippen molar-refractivity contribution in [1.82, 2.24) is 10.6 Å². The summed E-state index contributed by atoms with van der Waals surface area (Å²) < 4.78 is 0. The Kier molecular flexibility index (Phi) is 3.36. The highest BCUT2D eigenvalue weighted by molar-refractivity contribution is 5.73. The molecule has 0 spiro atoms. The van der Waals surface area contributed by atoms with Gasteiger partial charge in [-0.25, -0.2) is 0 Å². The second-order valence-electron chi connectivity index (χ2n) is 3.08. The third-order valence-corrected chi connectivity index (χ3v) is 1.98. The van der Waals surface area contributed by atoms with E-state index in [1.807, 2.05) is 0 Å². The van der Waals surface area contributed by atoms with Crippen LogP contribution in [0.15, 0.2) is 0 Å². The summed E-state index contributed by atoms with van der Waals surface area (Å²) in [4.78, 5) is 10.7. The van der Waals surface area contributed by atoms with Gasteiger partial charge in [0.1, 0.15) is 0 Å². The van der Waals surface area contributed by atoms with Crippen LogP contribution in [0.5, 0.6) is 0 Å². The minimum Gasteiger partial charge on any atom is -0.354 e. The summed E-state index contributed by atoms with van der Waals surface area (Å²) in [7, 11) is 0. The molecule has 0 aliphatic carbocycles. The van der Waals surface area contributed by atoms with Gasteiger partial charge < -0.3 is 10.6 Å². The highest BCUT2D eigenvalue weighted by Gasteiger charge is 2.11. The molecule has 0 aromatic heterocycles. The van der Waals surface area contributed by atoms with Gasteiger partial charge in [-0.1, -0.05) is 0 Å². The summed E-state index contributed by atoms with van der Waals surface area (Å²) in [6.45, 7) is 3.71. The van der Waals surface area contributed by atoms with Gasteiger partial charge in [0.25, 0.3) is 0 Å². The lowest BCUT2D eigenvalue weighted by Gasteiger charge is -2.13. The molecule has 0 aromatic carbocycles. The zero-order valence-electron chi connectivity index (χ0n) is 7.02. The molecule has 1 atom stereocenters. The van der Waals surface area contributed by atoms with Crippen LogP contribution in [0.3, 0.4) is 0 Å². The fraction of sp³-hybridized carbons (Fsp3) is 0.875. The molecule has 3 nitrogen and oxygen atoms in total. The van der Waals surface area contributed by atoms with Crippen molar-refractivity contribution in [3.63, 3.8) is 0 Å². The molecular formula is C8H20N2O. The summed E-state index contributed by atoms with van der Waals surface area (Å²) in [6, 6.07) is 0.405. The van der Waals surface area contributed by atoms with Crippen LogP contribution < -0.4 is 10.6 Å². The molecule has 3 heteroatoms. The van der Waals surface area contributed by atoms with E-state index in [4.69, 9.17) is 0 Å². The van der Waals surface area contributed by atoms with E-state index < -0.39 is 0 Å². The Morgan fingerprint density at radius 3 is 3.09 bits per heavy atom. The fourth-order valence-corrected chi connectivity index (χ4v) is 1.45. The van der Waals surface area contributed by atoms with E-state index in [1.165, 1.54) is 6.42 Å². The van der Waals surface area contributed by atoms with Gasteiger partial charge in [0, 0.05) is 15.8 Å². The average molecular weight is 160 g/mol. The van der Waals surface area contributed by atoms with E-state index in [9.17, 15) is 4.79 Å². The number of amides is 1. The van der Waals surface area contributed by atoms with Gasteiger partial charge in [0.15, 0.2) is 0 Å². The summed E-state index contributed by atoms with van der Waals surface area (Å²) in [5, 5.41) is 6.24. The van der Waals surface area contributed by atoms with Crippen LogP contribution in [0, 0.1) is 0 Å². The standard InChI is InChI=1S/C8H16N2O.2H2/c1-7(11)10-8-3-2-5-9-6-4-8;;/h8-9H,2-6H2,1H3,(H,10,11);2*1H. The summed E-state index contributed by atoms with van der Waals surface area (Å²) in [5.41, 5.74) is 0. The molecule has 1 unspecified atom stereocenters. The zero-order valence-corrected chi connectivity index (χ0v) is 7.02. The Morgan fingerprint density at radius 1 is 1.55 bits per heavy atom. The van der Waals surface area contributed by atoms with Crippen molar-refractivity contribution >= 4 is 5.91 Å². The first kappa shape index (κ1) is 8.53. The number of hydrogen-bond acceptors (Lipinski definition) is 2. The van der Waals surface area contributed by atoms with Gasteiger partial charge in [-0.05, 0) is 32.4 Å². The van der Waals surface area contributed by atoms with Crippen molar-refractivity contribution in [3.05, 3.63) is 0 Å². The Balaban J connectivity index is 0. The van der Waals surface area contributed by atoms with Crippen LogP contribution >= 0.6 is 0 Å². The maximum absolute atomic E-state index is 10.7. The number of nitrogens with one attached hydrogen (secondary N) is 2. The normalized spacial score (nSPS) is 25.7. The van der Waals surface area contributed by atoms with Crippen LogP contribution in [0.25, 0.3) is 0 Å². The lowest BCUT2D eigenvalue weighted by molar-refractivity contribution is -0.119. The van der Waals surface area contributed by atoms with Crippen LogP contribution in [0.2, 0.25) is 0 Å². The first-order valence-electron chi connectivity index (χ1n) is 4.27. The van der Waals surface area contributed by atoms with Crippen molar-refractivity contribution in [2.75, 3.05) is 13.1 Å². The second-order valence-corrected chi connectivity index (χ2v) is 3.08. The number of carbonyl (C=O) groups excluding carboxylic acids is 1. The molecule has 1 amide bonds. The fourth-order valence-electron chi connectivity index (χ4n) is 1.45. The van der Waals surface area contributed by atoms with E-state index in [2.05, 4.69) is 10.6 Å². The van der Waals surface area contributed by atoms with Crippen molar-refractivity contribution in [2.45, 2.75) is 32.2 Å². The minimum absolute atomic E-state index is 0. The van der Waals surface area contributed by atoms with E-state index >= 15 is 0 Å². The summed E-state index contributed by atoms with van der Waals surface area (Å²) in [6.07, 6.45) is 3.36. The van der Waals surface area contributed by atoms with Crippen LogP contribution in [-0.4, -0.2) is 25.0 Å². The molecule has 1 aliphatic rings. The molecule has 0 radical (unpaired) electrons. The van der Waals surface area contributed by atoms with E-state index in [0.29, 0.717) is 6.04 Å². The predicted octanol–water partition coefficient (Wildman–Crippen LogP) is 0.757. The van der Waals surface area contributed by atoms with Gasteiger partial charge in [0.2, 0.25) is 5.91 Å². The van der Waals surface area contributed by atoms with Gasteiger partial charge in [0.05, 0.1) is 0 Å². The molecule has 11 heavy (non-hydrogen) atoms. The van der Waals surface area contributed by atoms with Gasteiger partial charge in [-0.3, -0.25) is 4.79 Å². The third kappa shape index (κ3) is 3.37. The van der Waals surface area contributed by atoms with Crippen LogP contribution in [0.1, 0.15) is 29.0 Å².